The van der Waals surface area contributed by atoms with Crippen molar-refractivity contribution in [3.05, 3.63) is 72.0 Å². The van der Waals surface area contributed by atoms with Gasteiger partial charge in [-0.1, -0.05) is 18.2 Å². The number of aryl methyl sites for hydroxylation is 1. The second-order valence-electron chi connectivity index (χ2n) is 8.47. The van der Waals surface area contributed by atoms with Crippen molar-refractivity contribution in [1.29, 1.82) is 0 Å². The molecule has 9 heteroatoms. The number of carbonyl (C=O) groups is 1. The number of aromatic hydroxyl groups is 1. The average molecular weight is 485 g/mol. The number of phenols is 1. The Morgan fingerprint density at radius 1 is 1.09 bits per heavy atom. The number of carbonyl (C=O) groups excluding carboxylic acids is 1. The number of Topliss-reactive ketones (excluding diaryl/α,β-unsaturated/α-hetero) is 1. The second-order valence-corrected chi connectivity index (χ2v) is 8.47. The Morgan fingerprint density at radius 3 is 2.63 bits per heavy atom. The van der Waals surface area contributed by atoms with Gasteiger partial charge in [0.05, 0.1) is 12.9 Å². The monoisotopic (exact) mass is 484 g/mol. The van der Waals surface area contributed by atoms with E-state index in [-0.39, 0.29) is 23.5 Å². The van der Waals surface area contributed by atoms with Gasteiger partial charge in [-0.2, -0.15) is 0 Å². The fourth-order valence-corrected chi connectivity index (χ4v) is 4.15. The minimum Gasteiger partial charge on any atom is -0.507 e. The first-order valence-corrected chi connectivity index (χ1v) is 11.3. The van der Waals surface area contributed by atoms with Crippen LogP contribution in [0.25, 0.3) is 11.0 Å². The maximum Gasteiger partial charge on any atom is 0.229 e. The summed E-state index contributed by atoms with van der Waals surface area (Å²) in [5.74, 6) is -0.738. The first kappa shape index (κ1) is 24.9. The van der Waals surface area contributed by atoms with Gasteiger partial charge in [0.1, 0.15) is 47.1 Å². The number of aliphatic hydroxyl groups excluding tert-OH is 4. The van der Waals surface area contributed by atoms with Crippen LogP contribution in [0.3, 0.4) is 0 Å². The van der Waals surface area contributed by atoms with Gasteiger partial charge in [-0.05, 0) is 48.2 Å². The molecule has 0 aliphatic carbocycles. The Hall–Kier alpha value is -3.21. The van der Waals surface area contributed by atoms with Crippen LogP contribution in [0.4, 0.5) is 0 Å². The van der Waals surface area contributed by atoms with Crippen LogP contribution in [0, 0.1) is 0 Å². The maximum atomic E-state index is 13.3. The second kappa shape index (κ2) is 10.6. The summed E-state index contributed by atoms with van der Waals surface area (Å²) >= 11 is 0. The molecule has 0 spiro atoms. The van der Waals surface area contributed by atoms with Gasteiger partial charge < -0.3 is 39.4 Å². The van der Waals surface area contributed by atoms with E-state index in [0.717, 1.165) is 16.5 Å². The van der Waals surface area contributed by atoms with E-state index in [4.69, 9.17) is 13.9 Å². The summed E-state index contributed by atoms with van der Waals surface area (Å²) in [5, 5.41) is 51.6. The van der Waals surface area contributed by atoms with Gasteiger partial charge in [0, 0.05) is 11.8 Å². The molecule has 1 aliphatic heterocycles. The molecule has 1 aliphatic rings. The fourth-order valence-electron chi connectivity index (χ4n) is 4.15. The van der Waals surface area contributed by atoms with Crippen molar-refractivity contribution < 1.29 is 44.2 Å². The minimum absolute atomic E-state index is 0.0551. The van der Waals surface area contributed by atoms with E-state index in [2.05, 4.69) is 6.58 Å². The van der Waals surface area contributed by atoms with E-state index < -0.39 is 43.1 Å². The van der Waals surface area contributed by atoms with Crippen LogP contribution in [0.15, 0.2) is 59.7 Å². The molecule has 9 nitrogen and oxygen atoms in total. The lowest BCUT2D eigenvalue weighted by Gasteiger charge is -2.39. The Kier molecular flexibility index (Phi) is 7.54. The topological polar surface area (TPSA) is 150 Å². The number of fused-ring (bicyclic) bond motifs is 1. The van der Waals surface area contributed by atoms with Gasteiger partial charge in [0.15, 0.2) is 5.78 Å². The molecule has 5 atom stereocenters. The first-order chi connectivity index (χ1) is 16.8. The largest absolute Gasteiger partial charge is 0.507 e. The highest BCUT2D eigenvalue weighted by atomic mass is 16.7. The predicted molar refractivity (Wildman–Crippen MR) is 125 cm³/mol. The number of aliphatic hydroxyl groups is 4. The number of benzene rings is 2. The molecule has 5 N–H and O–H groups in total. The van der Waals surface area contributed by atoms with Crippen LogP contribution < -0.4 is 4.74 Å². The zero-order valence-corrected chi connectivity index (χ0v) is 18.9. The number of allylic oxidation sites excluding steroid dienone is 1. The van der Waals surface area contributed by atoms with Crippen molar-refractivity contribution in [2.45, 2.75) is 50.0 Å². The Labute approximate surface area is 201 Å². The number of hydrogen-bond donors (Lipinski definition) is 5. The number of phenolic OH excluding ortho intramolecular Hbond substituents is 1. The molecule has 2 aromatic carbocycles. The van der Waals surface area contributed by atoms with E-state index in [1.165, 1.54) is 6.07 Å². The highest BCUT2D eigenvalue weighted by Crippen LogP contribution is 2.35. The quantitative estimate of drug-likeness (QED) is 0.227. The molecule has 4 rings (SSSR count). The molecule has 0 bridgehead atoms. The lowest BCUT2D eigenvalue weighted by atomic mass is 9.97. The highest BCUT2D eigenvalue weighted by molar-refractivity contribution is 6.01. The summed E-state index contributed by atoms with van der Waals surface area (Å²) in [4.78, 5) is 13.3. The predicted octanol–water partition coefficient (Wildman–Crippen LogP) is 1.86. The zero-order valence-electron chi connectivity index (χ0n) is 18.9. The summed E-state index contributed by atoms with van der Waals surface area (Å²) in [6.45, 7) is 3.04. The Morgan fingerprint density at radius 2 is 1.89 bits per heavy atom. The SMILES string of the molecule is C=CCc1ccc(OC2OC(CO)C(O)C(O)C2O)c(C(=O)CCc2ccc3occc3c2)c1O. The molecule has 5 unspecified atom stereocenters. The molecule has 35 heavy (non-hydrogen) atoms. The van der Waals surface area contributed by atoms with E-state index in [1.54, 1.807) is 18.4 Å². The Bertz CT molecular complexity index is 1200. The van der Waals surface area contributed by atoms with Crippen LogP contribution >= 0.6 is 0 Å². The molecule has 2 heterocycles. The number of ketones is 1. The average Bonchev–Trinajstić information content (AvgIpc) is 3.32. The van der Waals surface area contributed by atoms with Gasteiger partial charge >= 0.3 is 0 Å². The fraction of sp³-hybridized carbons (Fsp3) is 0.346. The first-order valence-electron chi connectivity index (χ1n) is 11.3. The summed E-state index contributed by atoms with van der Waals surface area (Å²) < 4.78 is 16.4. The van der Waals surface area contributed by atoms with Crippen LogP contribution in [0.2, 0.25) is 0 Å². The minimum atomic E-state index is -1.66. The summed E-state index contributed by atoms with van der Waals surface area (Å²) in [6.07, 6.45) is -3.59. The number of hydrogen-bond acceptors (Lipinski definition) is 9. The number of furan rings is 1. The van der Waals surface area contributed by atoms with Gasteiger partial charge in [-0.25, -0.2) is 0 Å². The van der Waals surface area contributed by atoms with Crippen molar-refractivity contribution in [2.24, 2.45) is 0 Å². The smallest absolute Gasteiger partial charge is 0.229 e. The third-order valence-electron chi connectivity index (χ3n) is 6.12. The molecular weight excluding hydrogens is 456 g/mol. The van der Waals surface area contributed by atoms with Crippen molar-refractivity contribution in [1.82, 2.24) is 0 Å². The molecular formula is C26H28O9. The summed E-state index contributed by atoms with van der Waals surface area (Å²) in [6, 6.07) is 10.5. The molecule has 1 aromatic heterocycles. The molecule has 1 fully saturated rings. The highest BCUT2D eigenvalue weighted by Gasteiger charge is 2.45. The summed E-state index contributed by atoms with van der Waals surface area (Å²) in [5.41, 5.74) is 2.02. The lowest BCUT2D eigenvalue weighted by molar-refractivity contribution is -0.277. The van der Waals surface area contributed by atoms with Gasteiger partial charge in [0.2, 0.25) is 6.29 Å². The standard InChI is InChI=1S/C26H28O9/c1-2-3-15-6-9-19(34-26-25(32)24(31)23(30)20(13-27)35-26)21(22(15)29)17(28)7-4-14-5-8-18-16(12-14)10-11-33-18/h2,5-6,8-12,20,23-27,29-32H,1,3-4,7,13H2. The molecule has 0 radical (unpaired) electrons. The molecule has 3 aromatic rings. The van der Waals surface area contributed by atoms with Gasteiger partial charge in [0.25, 0.3) is 0 Å². The van der Waals surface area contributed by atoms with Crippen LogP contribution in [0.5, 0.6) is 11.5 Å². The zero-order chi connectivity index (χ0) is 25.1. The van der Waals surface area contributed by atoms with Crippen LogP contribution in [-0.2, 0) is 17.6 Å². The normalized spacial score (nSPS) is 24.4. The van der Waals surface area contributed by atoms with Gasteiger partial charge in [-0.3, -0.25) is 4.79 Å². The maximum absolute atomic E-state index is 13.3. The lowest BCUT2D eigenvalue weighted by Crippen LogP contribution is -2.60. The van der Waals surface area contributed by atoms with Gasteiger partial charge in [-0.15, -0.1) is 6.58 Å². The van der Waals surface area contributed by atoms with E-state index >= 15 is 0 Å². The third-order valence-corrected chi connectivity index (χ3v) is 6.12. The van der Waals surface area contributed by atoms with Crippen molar-refractivity contribution >= 4 is 16.8 Å². The van der Waals surface area contributed by atoms with Crippen molar-refractivity contribution in [3.8, 4) is 11.5 Å². The van der Waals surface area contributed by atoms with Crippen molar-refractivity contribution in [3.63, 3.8) is 0 Å². The van der Waals surface area contributed by atoms with Crippen LogP contribution in [0.1, 0.15) is 27.9 Å². The molecule has 186 valence electrons. The molecule has 1 saturated heterocycles. The molecule has 0 amide bonds. The van der Waals surface area contributed by atoms with Crippen LogP contribution in [-0.4, -0.2) is 68.6 Å². The number of ether oxygens (including phenoxy) is 2. The third kappa shape index (κ3) is 5.09. The molecule has 0 saturated carbocycles. The van der Waals surface area contributed by atoms with E-state index in [1.807, 2.05) is 24.3 Å². The van der Waals surface area contributed by atoms with E-state index in [9.17, 15) is 30.3 Å². The van der Waals surface area contributed by atoms with Crippen molar-refractivity contribution in [2.75, 3.05) is 6.61 Å². The number of rotatable bonds is 9. The summed E-state index contributed by atoms with van der Waals surface area (Å²) in [7, 11) is 0. The van der Waals surface area contributed by atoms with E-state index in [0.29, 0.717) is 18.4 Å². The Balaban J connectivity index is 1.59.